The highest BCUT2D eigenvalue weighted by Crippen LogP contribution is 2.17. The van der Waals surface area contributed by atoms with Crippen LogP contribution in [-0.2, 0) is 13.1 Å². The Morgan fingerprint density at radius 3 is 2.46 bits per heavy atom. The number of carbonyl (C=O) groups excluding carboxylic acids is 1. The van der Waals surface area contributed by atoms with Crippen LogP contribution in [0.1, 0.15) is 43.2 Å². The molecule has 1 atom stereocenters. The van der Waals surface area contributed by atoms with Crippen LogP contribution in [0.3, 0.4) is 0 Å². The van der Waals surface area contributed by atoms with E-state index in [1.165, 1.54) is 24.0 Å². The summed E-state index contributed by atoms with van der Waals surface area (Å²) >= 11 is 0. The van der Waals surface area contributed by atoms with Gasteiger partial charge in [-0.1, -0.05) is 37.1 Å². The third-order valence-electron chi connectivity index (χ3n) is 5.08. The van der Waals surface area contributed by atoms with Gasteiger partial charge in [0, 0.05) is 39.3 Å². The summed E-state index contributed by atoms with van der Waals surface area (Å²) in [5.41, 5.74) is 2.41. The fourth-order valence-corrected chi connectivity index (χ4v) is 3.64. The number of hydrogen-bond donors (Lipinski definition) is 2. The highest BCUT2D eigenvalue weighted by molar-refractivity contribution is 5.74. The second-order valence-corrected chi connectivity index (χ2v) is 7.01. The van der Waals surface area contributed by atoms with E-state index in [9.17, 15) is 9.90 Å². The zero-order valence-corrected chi connectivity index (χ0v) is 14.4. The molecule has 2 amide bonds. The van der Waals surface area contributed by atoms with Crippen molar-refractivity contribution >= 4 is 6.03 Å². The van der Waals surface area contributed by atoms with Crippen molar-refractivity contribution in [3.8, 4) is 0 Å². The Bertz CT molecular complexity index is 541. The molecule has 2 aliphatic rings. The Labute approximate surface area is 144 Å². The van der Waals surface area contributed by atoms with Gasteiger partial charge in [0.05, 0.1) is 6.10 Å². The van der Waals surface area contributed by atoms with E-state index in [0.717, 1.165) is 52.0 Å². The summed E-state index contributed by atoms with van der Waals surface area (Å²) in [5, 5.41) is 12.8. The van der Waals surface area contributed by atoms with Crippen LogP contribution in [0.15, 0.2) is 24.3 Å². The molecule has 3 rings (SSSR count). The average molecular weight is 331 g/mol. The second-order valence-electron chi connectivity index (χ2n) is 7.01. The smallest absolute Gasteiger partial charge is 0.317 e. The van der Waals surface area contributed by atoms with Crippen molar-refractivity contribution in [2.45, 2.75) is 51.3 Å². The normalized spacial score (nSPS) is 22.4. The summed E-state index contributed by atoms with van der Waals surface area (Å²) < 4.78 is 0. The first-order valence-corrected chi connectivity index (χ1v) is 9.22. The molecule has 2 aliphatic heterocycles. The van der Waals surface area contributed by atoms with Gasteiger partial charge in [-0.2, -0.15) is 0 Å². The minimum atomic E-state index is -0.195. The van der Waals surface area contributed by atoms with Crippen molar-refractivity contribution < 1.29 is 9.90 Å². The molecule has 0 aromatic heterocycles. The van der Waals surface area contributed by atoms with Gasteiger partial charge in [-0.15, -0.1) is 0 Å². The lowest BCUT2D eigenvalue weighted by molar-refractivity contribution is 0.174. The Morgan fingerprint density at radius 2 is 1.79 bits per heavy atom. The molecule has 0 bridgehead atoms. The first-order valence-electron chi connectivity index (χ1n) is 9.22. The van der Waals surface area contributed by atoms with E-state index < -0.39 is 0 Å². The number of aliphatic hydroxyl groups excluding tert-OH is 1. The molecule has 0 aliphatic carbocycles. The molecule has 2 fully saturated rings. The van der Waals surface area contributed by atoms with Crippen LogP contribution in [0.2, 0.25) is 0 Å². The van der Waals surface area contributed by atoms with Crippen molar-refractivity contribution in [1.29, 1.82) is 0 Å². The van der Waals surface area contributed by atoms with Gasteiger partial charge in [-0.05, 0) is 30.4 Å². The minimum absolute atomic E-state index is 0.0586. The number of benzene rings is 1. The monoisotopic (exact) mass is 331 g/mol. The number of hydrogen-bond acceptors (Lipinski definition) is 3. The lowest BCUT2D eigenvalue weighted by Gasteiger charge is -2.22. The van der Waals surface area contributed by atoms with Crippen molar-refractivity contribution in [1.82, 2.24) is 15.1 Å². The molecule has 5 heteroatoms. The predicted molar refractivity (Wildman–Crippen MR) is 94.6 cm³/mol. The minimum Gasteiger partial charge on any atom is -0.392 e. The van der Waals surface area contributed by atoms with Gasteiger partial charge in [0.15, 0.2) is 0 Å². The Balaban J connectivity index is 1.55. The number of amides is 2. The van der Waals surface area contributed by atoms with E-state index in [2.05, 4.69) is 22.3 Å². The van der Waals surface area contributed by atoms with Crippen LogP contribution in [0.25, 0.3) is 0 Å². The van der Waals surface area contributed by atoms with Crippen LogP contribution in [0.5, 0.6) is 0 Å². The molecular formula is C19H29N3O2. The molecule has 0 saturated carbocycles. The summed E-state index contributed by atoms with van der Waals surface area (Å²) in [6.45, 7) is 4.84. The Hall–Kier alpha value is -1.59. The lowest BCUT2D eigenvalue weighted by atomic mass is 10.1. The lowest BCUT2D eigenvalue weighted by Crippen LogP contribution is -2.40. The number of β-amino-alcohol motifs (C(OH)–C–C–N with tert-alkyl or cyclic N) is 1. The Morgan fingerprint density at radius 1 is 1.08 bits per heavy atom. The van der Waals surface area contributed by atoms with Gasteiger partial charge < -0.3 is 15.3 Å². The molecular weight excluding hydrogens is 302 g/mol. The van der Waals surface area contributed by atoms with Crippen LogP contribution in [-0.4, -0.2) is 53.2 Å². The maximum absolute atomic E-state index is 12.4. The summed E-state index contributed by atoms with van der Waals surface area (Å²) in [4.78, 5) is 16.6. The molecule has 0 spiro atoms. The van der Waals surface area contributed by atoms with Gasteiger partial charge in [-0.25, -0.2) is 4.79 Å². The van der Waals surface area contributed by atoms with Crippen molar-refractivity contribution in [2.24, 2.45) is 0 Å². The van der Waals surface area contributed by atoms with Crippen LogP contribution < -0.4 is 5.32 Å². The number of carbonyl (C=O) groups is 1. The van der Waals surface area contributed by atoms with E-state index in [4.69, 9.17) is 0 Å². The number of nitrogens with one attached hydrogen (secondary N) is 1. The van der Waals surface area contributed by atoms with E-state index in [-0.39, 0.29) is 12.1 Å². The zero-order valence-electron chi connectivity index (χ0n) is 14.4. The van der Waals surface area contributed by atoms with Crippen LogP contribution in [0.4, 0.5) is 4.79 Å². The number of rotatable bonds is 4. The molecule has 0 unspecified atom stereocenters. The van der Waals surface area contributed by atoms with Gasteiger partial charge in [0.2, 0.25) is 0 Å². The fraction of sp³-hybridized carbons (Fsp3) is 0.632. The highest BCUT2D eigenvalue weighted by Gasteiger charge is 2.21. The Kier molecular flexibility index (Phi) is 6.10. The number of nitrogens with zero attached hydrogens (tertiary/aromatic N) is 2. The van der Waals surface area contributed by atoms with Gasteiger partial charge >= 0.3 is 6.03 Å². The molecule has 1 aromatic carbocycles. The molecule has 0 radical (unpaired) electrons. The maximum Gasteiger partial charge on any atom is 0.317 e. The number of likely N-dealkylation sites (tertiary alicyclic amines) is 2. The summed E-state index contributed by atoms with van der Waals surface area (Å²) in [6, 6.07) is 8.34. The van der Waals surface area contributed by atoms with Crippen LogP contribution >= 0.6 is 0 Å². The first kappa shape index (κ1) is 17.2. The predicted octanol–water partition coefficient (Wildman–Crippen LogP) is 2.34. The molecule has 1 aromatic rings. The van der Waals surface area contributed by atoms with E-state index in [0.29, 0.717) is 6.54 Å². The van der Waals surface area contributed by atoms with Gasteiger partial charge in [0.1, 0.15) is 0 Å². The summed E-state index contributed by atoms with van der Waals surface area (Å²) in [6.07, 6.45) is 5.35. The van der Waals surface area contributed by atoms with Crippen molar-refractivity contribution in [3.05, 3.63) is 35.4 Å². The third-order valence-corrected chi connectivity index (χ3v) is 5.08. The van der Waals surface area contributed by atoms with Gasteiger partial charge in [-0.3, -0.25) is 4.90 Å². The summed E-state index contributed by atoms with van der Waals surface area (Å²) in [7, 11) is 0. The second kappa shape index (κ2) is 8.49. The molecule has 5 nitrogen and oxygen atoms in total. The third kappa shape index (κ3) is 4.71. The summed E-state index contributed by atoms with van der Waals surface area (Å²) in [5.74, 6) is 0. The van der Waals surface area contributed by atoms with Crippen LogP contribution in [0, 0.1) is 0 Å². The fourth-order valence-electron chi connectivity index (χ4n) is 3.64. The van der Waals surface area contributed by atoms with Crippen molar-refractivity contribution in [2.75, 3.05) is 26.2 Å². The highest BCUT2D eigenvalue weighted by atomic mass is 16.3. The van der Waals surface area contributed by atoms with E-state index in [1.54, 1.807) is 0 Å². The largest absolute Gasteiger partial charge is 0.392 e. The molecule has 132 valence electrons. The van der Waals surface area contributed by atoms with Crippen molar-refractivity contribution in [3.63, 3.8) is 0 Å². The SMILES string of the molecule is O=C(NCc1ccccc1CN1CC[C@@H](O)C1)N1CCCCCC1. The topological polar surface area (TPSA) is 55.8 Å². The number of aliphatic hydroxyl groups is 1. The molecule has 24 heavy (non-hydrogen) atoms. The standard InChI is InChI=1S/C19H29N3O2/c23-18-9-12-21(15-18)14-17-8-4-3-7-16(17)13-20-19(24)22-10-5-1-2-6-11-22/h3-4,7-8,18,23H,1-2,5-6,9-15H2,(H,20,24)/t18-/m1/s1. The first-order chi connectivity index (χ1) is 11.7. The maximum atomic E-state index is 12.4. The molecule has 2 N–H and O–H groups in total. The number of urea groups is 1. The van der Waals surface area contributed by atoms with E-state index in [1.807, 2.05) is 17.0 Å². The zero-order chi connectivity index (χ0) is 16.8. The molecule has 2 saturated heterocycles. The molecule has 2 heterocycles. The van der Waals surface area contributed by atoms with Gasteiger partial charge in [0.25, 0.3) is 0 Å². The van der Waals surface area contributed by atoms with E-state index >= 15 is 0 Å². The quantitative estimate of drug-likeness (QED) is 0.890. The average Bonchev–Trinajstić information content (AvgIpc) is 2.84.